The first kappa shape index (κ1) is 19.6. The van der Waals surface area contributed by atoms with Gasteiger partial charge in [0.05, 0.1) is 0 Å². The van der Waals surface area contributed by atoms with Crippen LogP contribution in [0.3, 0.4) is 0 Å². The lowest BCUT2D eigenvalue weighted by molar-refractivity contribution is 0.0252. The van der Waals surface area contributed by atoms with Gasteiger partial charge in [-0.1, -0.05) is 13.8 Å². The third-order valence-electron chi connectivity index (χ3n) is 2.55. The molecule has 0 atom stereocenters. The number of carbonyl (C=O) groups excluding carboxylic acids is 1. The lowest BCUT2D eigenvalue weighted by Gasteiger charge is -2.27. The summed E-state index contributed by atoms with van der Waals surface area (Å²) in [6.45, 7) is 13.3. The standard InChI is InChI=1S/C15H32N2O2S/c1-6-11-17(14(18)19-15(3,4)5)12-10-16-9-8-13-20-7-2/h16H,6-13H2,1-5H3. The maximum atomic E-state index is 12.0. The Morgan fingerprint density at radius 2 is 1.90 bits per heavy atom. The minimum absolute atomic E-state index is 0.206. The van der Waals surface area contributed by atoms with E-state index < -0.39 is 5.60 Å². The summed E-state index contributed by atoms with van der Waals surface area (Å²) in [7, 11) is 0. The van der Waals surface area contributed by atoms with Crippen molar-refractivity contribution in [1.29, 1.82) is 0 Å². The Balaban J connectivity index is 3.88. The average molecular weight is 305 g/mol. The second-order valence-corrected chi connectivity index (χ2v) is 7.16. The lowest BCUT2D eigenvalue weighted by atomic mass is 10.2. The molecule has 0 aliphatic carbocycles. The van der Waals surface area contributed by atoms with Crippen LogP contribution in [0.15, 0.2) is 0 Å². The van der Waals surface area contributed by atoms with Gasteiger partial charge in [0.15, 0.2) is 0 Å². The second-order valence-electron chi connectivity index (χ2n) is 5.77. The minimum atomic E-state index is -0.423. The number of hydrogen-bond donors (Lipinski definition) is 1. The number of hydrogen-bond acceptors (Lipinski definition) is 4. The highest BCUT2D eigenvalue weighted by Gasteiger charge is 2.21. The molecule has 0 saturated carbocycles. The van der Waals surface area contributed by atoms with E-state index in [1.807, 2.05) is 32.5 Å². The first-order valence-corrected chi connectivity index (χ1v) is 8.82. The first-order valence-electron chi connectivity index (χ1n) is 7.67. The summed E-state index contributed by atoms with van der Waals surface area (Å²) < 4.78 is 5.42. The number of nitrogens with one attached hydrogen (secondary N) is 1. The number of rotatable bonds is 10. The molecular formula is C15H32N2O2S. The van der Waals surface area contributed by atoms with Crippen molar-refractivity contribution in [3.8, 4) is 0 Å². The Hall–Kier alpha value is -0.420. The van der Waals surface area contributed by atoms with Crippen LogP contribution in [0.1, 0.15) is 47.5 Å². The van der Waals surface area contributed by atoms with Gasteiger partial charge in [-0.3, -0.25) is 0 Å². The molecule has 0 heterocycles. The van der Waals surface area contributed by atoms with Gasteiger partial charge in [-0.2, -0.15) is 11.8 Å². The smallest absolute Gasteiger partial charge is 0.410 e. The van der Waals surface area contributed by atoms with E-state index in [0.717, 1.165) is 26.1 Å². The molecule has 0 aromatic rings. The van der Waals surface area contributed by atoms with Gasteiger partial charge < -0.3 is 15.0 Å². The van der Waals surface area contributed by atoms with Crippen molar-refractivity contribution in [2.24, 2.45) is 0 Å². The topological polar surface area (TPSA) is 41.6 Å². The van der Waals surface area contributed by atoms with Crippen molar-refractivity contribution in [2.45, 2.75) is 53.1 Å². The predicted molar refractivity (Wildman–Crippen MR) is 88.6 cm³/mol. The molecule has 0 fully saturated rings. The molecule has 0 unspecified atom stereocenters. The van der Waals surface area contributed by atoms with Gasteiger partial charge in [0.25, 0.3) is 0 Å². The average Bonchev–Trinajstić information content (AvgIpc) is 2.34. The van der Waals surface area contributed by atoms with Crippen molar-refractivity contribution in [3.63, 3.8) is 0 Å². The zero-order valence-electron chi connectivity index (χ0n) is 13.8. The molecule has 0 aliphatic heterocycles. The Kier molecular flexibility index (Phi) is 11.0. The normalized spacial score (nSPS) is 11.4. The Bertz CT molecular complexity index is 255. The van der Waals surface area contributed by atoms with Crippen LogP contribution in [-0.4, -0.2) is 54.3 Å². The second kappa shape index (κ2) is 11.3. The fraction of sp³-hybridized carbons (Fsp3) is 0.933. The van der Waals surface area contributed by atoms with E-state index in [-0.39, 0.29) is 6.09 Å². The fourth-order valence-corrected chi connectivity index (χ4v) is 2.31. The van der Waals surface area contributed by atoms with Gasteiger partial charge in [0.2, 0.25) is 0 Å². The summed E-state index contributed by atoms with van der Waals surface area (Å²) in [6, 6.07) is 0. The van der Waals surface area contributed by atoms with E-state index in [0.29, 0.717) is 6.54 Å². The van der Waals surface area contributed by atoms with E-state index in [1.165, 1.54) is 17.9 Å². The first-order chi connectivity index (χ1) is 9.40. The van der Waals surface area contributed by atoms with E-state index in [4.69, 9.17) is 4.74 Å². The number of carbonyl (C=O) groups is 1. The molecule has 0 aliphatic rings. The van der Waals surface area contributed by atoms with Crippen molar-refractivity contribution in [3.05, 3.63) is 0 Å². The van der Waals surface area contributed by atoms with E-state index in [9.17, 15) is 4.79 Å². The van der Waals surface area contributed by atoms with Crippen molar-refractivity contribution < 1.29 is 9.53 Å². The van der Waals surface area contributed by atoms with Crippen LogP contribution in [0.4, 0.5) is 4.79 Å². The Morgan fingerprint density at radius 1 is 1.20 bits per heavy atom. The van der Waals surface area contributed by atoms with Crippen LogP contribution in [-0.2, 0) is 4.74 Å². The lowest BCUT2D eigenvalue weighted by Crippen LogP contribution is -2.41. The van der Waals surface area contributed by atoms with Gasteiger partial charge in [-0.15, -0.1) is 0 Å². The maximum absolute atomic E-state index is 12.0. The number of nitrogens with zero attached hydrogens (tertiary/aromatic N) is 1. The molecule has 0 bridgehead atoms. The molecule has 5 heteroatoms. The summed E-state index contributed by atoms with van der Waals surface area (Å²) >= 11 is 1.97. The molecule has 20 heavy (non-hydrogen) atoms. The minimum Gasteiger partial charge on any atom is -0.444 e. The highest BCUT2D eigenvalue weighted by molar-refractivity contribution is 7.99. The fourth-order valence-electron chi connectivity index (χ4n) is 1.67. The molecule has 0 saturated heterocycles. The Labute approximate surface area is 129 Å². The van der Waals surface area contributed by atoms with E-state index >= 15 is 0 Å². The van der Waals surface area contributed by atoms with Crippen molar-refractivity contribution in [2.75, 3.05) is 37.7 Å². The third-order valence-corrected chi connectivity index (χ3v) is 3.54. The van der Waals surface area contributed by atoms with Gasteiger partial charge in [-0.25, -0.2) is 4.79 Å². The summed E-state index contributed by atoms with van der Waals surface area (Å²) in [6.07, 6.45) is 1.92. The summed E-state index contributed by atoms with van der Waals surface area (Å²) in [5.41, 5.74) is -0.423. The Morgan fingerprint density at radius 3 is 2.45 bits per heavy atom. The summed E-state index contributed by atoms with van der Waals surface area (Å²) in [5, 5.41) is 3.39. The maximum Gasteiger partial charge on any atom is 0.410 e. The molecule has 4 nitrogen and oxygen atoms in total. The largest absolute Gasteiger partial charge is 0.444 e. The molecule has 0 rings (SSSR count). The summed E-state index contributed by atoms with van der Waals surface area (Å²) in [5.74, 6) is 2.39. The van der Waals surface area contributed by atoms with Gasteiger partial charge in [-0.05, 0) is 51.7 Å². The zero-order chi connectivity index (χ0) is 15.4. The number of amides is 1. The van der Waals surface area contributed by atoms with E-state index in [1.54, 1.807) is 4.90 Å². The van der Waals surface area contributed by atoms with Crippen LogP contribution < -0.4 is 5.32 Å². The van der Waals surface area contributed by atoms with E-state index in [2.05, 4.69) is 19.2 Å². The van der Waals surface area contributed by atoms with Crippen LogP contribution in [0.5, 0.6) is 0 Å². The molecule has 0 radical (unpaired) electrons. The highest BCUT2D eigenvalue weighted by Crippen LogP contribution is 2.10. The SMILES string of the molecule is CCCN(CCNCCCSCC)C(=O)OC(C)(C)C. The zero-order valence-corrected chi connectivity index (χ0v) is 14.6. The molecule has 1 N–H and O–H groups in total. The van der Waals surface area contributed by atoms with Crippen LogP contribution >= 0.6 is 11.8 Å². The van der Waals surface area contributed by atoms with Gasteiger partial charge in [0, 0.05) is 19.6 Å². The molecule has 0 aromatic heterocycles. The van der Waals surface area contributed by atoms with Gasteiger partial charge >= 0.3 is 6.09 Å². The molecule has 120 valence electrons. The quantitative estimate of drug-likeness (QED) is 0.628. The summed E-state index contributed by atoms with van der Waals surface area (Å²) in [4.78, 5) is 13.8. The molecule has 0 spiro atoms. The highest BCUT2D eigenvalue weighted by atomic mass is 32.2. The van der Waals surface area contributed by atoms with Crippen molar-refractivity contribution >= 4 is 17.9 Å². The van der Waals surface area contributed by atoms with Crippen LogP contribution in [0.25, 0.3) is 0 Å². The number of thioether (sulfide) groups is 1. The monoisotopic (exact) mass is 304 g/mol. The third kappa shape index (κ3) is 11.4. The molecule has 1 amide bonds. The predicted octanol–water partition coefficient (Wildman–Crippen LogP) is 3.37. The number of ether oxygens (including phenoxy) is 1. The van der Waals surface area contributed by atoms with Gasteiger partial charge in [0.1, 0.15) is 5.60 Å². The van der Waals surface area contributed by atoms with Crippen LogP contribution in [0, 0.1) is 0 Å². The molecule has 0 aromatic carbocycles. The van der Waals surface area contributed by atoms with Crippen molar-refractivity contribution in [1.82, 2.24) is 10.2 Å². The molecular weight excluding hydrogens is 272 g/mol. The van der Waals surface area contributed by atoms with Crippen LogP contribution in [0.2, 0.25) is 0 Å².